The van der Waals surface area contributed by atoms with Crippen LogP contribution in [0.3, 0.4) is 0 Å². The lowest BCUT2D eigenvalue weighted by Gasteiger charge is -2.27. The highest BCUT2D eigenvalue weighted by atomic mass is 16.2. The quantitative estimate of drug-likeness (QED) is 0.819. The van der Waals surface area contributed by atoms with Gasteiger partial charge in [0, 0.05) is 51.7 Å². The molecule has 0 aromatic carbocycles. The fourth-order valence-electron chi connectivity index (χ4n) is 5.00. The van der Waals surface area contributed by atoms with E-state index in [-0.39, 0.29) is 5.41 Å². The number of rotatable bonds is 5. The van der Waals surface area contributed by atoms with Crippen LogP contribution in [0.5, 0.6) is 0 Å². The number of carbonyl (C=O) groups is 1. The minimum atomic E-state index is -0.146. The second-order valence-corrected chi connectivity index (χ2v) is 8.18. The first kappa shape index (κ1) is 17.0. The summed E-state index contributed by atoms with van der Waals surface area (Å²) >= 11 is 0. The molecule has 0 aliphatic carbocycles. The summed E-state index contributed by atoms with van der Waals surface area (Å²) in [6.07, 6.45) is 7.41. The monoisotopic (exact) mass is 342 g/mol. The molecule has 136 valence electrons. The molecule has 0 unspecified atom stereocenters. The summed E-state index contributed by atoms with van der Waals surface area (Å²) in [5.41, 5.74) is 1.09. The molecule has 0 bridgehead atoms. The Morgan fingerprint density at radius 2 is 2.04 bits per heavy atom. The number of hydrogen-bond donors (Lipinski definition) is 0. The van der Waals surface area contributed by atoms with E-state index < -0.39 is 0 Å². The molecule has 3 fully saturated rings. The zero-order chi connectivity index (χ0) is 17.3. The van der Waals surface area contributed by atoms with Gasteiger partial charge in [-0.1, -0.05) is 13.0 Å². The third-order valence-electron chi connectivity index (χ3n) is 6.54. The molecule has 3 aliphatic heterocycles. The maximum Gasteiger partial charge on any atom is 0.230 e. The van der Waals surface area contributed by atoms with Crippen LogP contribution in [-0.4, -0.2) is 71.4 Å². The highest BCUT2D eigenvalue weighted by Crippen LogP contribution is 2.44. The smallest absolute Gasteiger partial charge is 0.230 e. The van der Waals surface area contributed by atoms with E-state index >= 15 is 0 Å². The molecule has 3 saturated heterocycles. The molecule has 4 rings (SSSR count). The van der Waals surface area contributed by atoms with Gasteiger partial charge in [-0.25, -0.2) is 0 Å². The van der Waals surface area contributed by atoms with E-state index in [1.807, 2.05) is 18.5 Å². The topological polar surface area (TPSA) is 39.7 Å². The van der Waals surface area contributed by atoms with Gasteiger partial charge in [0.2, 0.25) is 5.91 Å². The van der Waals surface area contributed by atoms with E-state index in [1.165, 1.54) is 31.5 Å². The molecule has 2 atom stereocenters. The van der Waals surface area contributed by atoms with Crippen molar-refractivity contribution >= 4 is 5.91 Å². The van der Waals surface area contributed by atoms with Gasteiger partial charge in [0.25, 0.3) is 0 Å². The van der Waals surface area contributed by atoms with E-state index in [2.05, 4.69) is 32.7 Å². The molecular weight excluding hydrogens is 312 g/mol. The molecule has 4 heterocycles. The van der Waals surface area contributed by atoms with Crippen molar-refractivity contribution in [2.24, 2.45) is 11.3 Å². The molecule has 1 spiro atoms. The van der Waals surface area contributed by atoms with Gasteiger partial charge in [0.05, 0.1) is 5.41 Å². The van der Waals surface area contributed by atoms with E-state index in [4.69, 9.17) is 0 Å². The number of nitrogens with zero attached hydrogens (tertiary/aromatic N) is 4. The summed E-state index contributed by atoms with van der Waals surface area (Å²) in [7, 11) is 0. The van der Waals surface area contributed by atoms with E-state index in [9.17, 15) is 4.79 Å². The first-order valence-corrected chi connectivity index (χ1v) is 9.80. The van der Waals surface area contributed by atoms with Crippen LogP contribution in [0.4, 0.5) is 0 Å². The number of hydrogen-bond acceptors (Lipinski definition) is 4. The van der Waals surface area contributed by atoms with Crippen molar-refractivity contribution in [1.29, 1.82) is 0 Å². The third-order valence-corrected chi connectivity index (χ3v) is 6.54. The summed E-state index contributed by atoms with van der Waals surface area (Å²) in [6.45, 7) is 10.4. The highest BCUT2D eigenvalue weighted by Gasteiger charge is 2.54. The average molecular weight is 342 g/mol. The lowest BCUT2D eigenvalue weighted by Crippen LogP contribution is -2.42. The van der Waals surface area contributed by atoms with Gasteiger partial charge in [-0.3, -0.25) is 14.7 Å². The molecule has 1 amide bonds. The predicted molar refractivity (Wildman–Crippen MR) is 98.0 cm³/mol. The fourth-order valence-corrected chi connectivity index (χ4v) is 5.00. The Kier molecular flexibility index (Phi) is 4.78. The van der Waals surface area contributed by atoms with Crippen LogP contribution in [0.25, 0.3) is 0 Å². The largest absolute Gasteiger partial charge is 0.341 e. The predicted octanol–water partition coefficient (Wildman–Crippen LogP) is 1.85. The Morgan fingerprint density at radius 1 is 1.20 bits per heavy atom. The maximum atomic E-state index is 13.2. The van der Waals surface area contributed by atoms with Crippen molar-refractivity contribution < 1.29 is 4.79 Å². The Morgan fingerprint density at radius 3 is 2.80 bits per heavy atom. The number of aromatic nitrogens is 1. The minimum Gasteiger partial charge on any atom is -0.341 e. The molecule has 0 radical (unpaired) electrons. The third kappa shape index (κ3) is 3.32. The van der Waals surface area contributed by atoms with Crippen LogP contribution in [0.15, 0.2) is 24.5 Å². The summed E-state index contributed by atoms with van der Waals surface area (Å²) in [5, 5.41) is 0. The summed E-state index contributed by atoms with van der Waals surface area (Å²) in [5.74, 6) is 0.848. The van der Waals surface area contributed by atoms with Crippen LogP contribution in [0.1, 0.15) is 31.7 Å². The van der Waals surface area contributed by atoms with Crippen molar-refractivity contribution in [2.45, 2.75) is 32.7 Å². The van der Waals surface area contributed by atoms with Gasteiger partial charge in [0.15, 0.2) is 0 Å². The maximum absolute atomic E-state index is 13.2. The first-order chi connectivity index (χ1) is 12.2. The highest BCUT2D eigenvalue weighted by molar-refractivity contribution is 5.86. The summed E-state index contributed by atoms with van der Waals surface area (Å²) in [6, 6.07) is 4.12. The first-order valence-electron chi connectivity index (χ1n) is 9.80. The fraction of sp³-hybridized carbons (Fsp3) is 0.700. The Hall–Kier alpha value is -1.46. The zero-order valence-corrected chi connectivity index (χ0v) is 15.4. The van der Waals surface area contributed by atoms with E-state index in [0.717, 1.165) is 45.7 Å². The second kappa shape index (κ2) is 7.04. The standard InChI is InChI=1S/C20H30N4O/c1-17-14-23(15-18-5-4-7-21-13-18)16-20(17)6-10-24(19(20)25)12-11-22-8-2-3-9-22/h4-5,7,13,17H,2-3,6,8-12,14-16H2,1H3/t17-,20-/m1/s1. The number of carbonyl (C=O) groups excluding carboxylic acids is 1. The lowest BCUT2D eigenvalue weighted by molar-refractivity contribution is -0.137. The molecule has 3 aliphatic rings. The van der Waals surface area contributed by atoms with Crippen molar-refractivity contribution in [1.82, 2.24) is 19.7 Å². The van der Waals surface area contributed by atoms with Gasteiger partial charge in [-0.2, -0.15) is 0 Å². The molecule has 5 heteroatoms. The summed E-state index contributed by atoms with van der Waals surface area (Å²) in [4.78, 5) is 24.5. The Bertz CT molecular complexity index is 601. The molecular formula is C20H30N4O. The molecule has 1 aromatic rings. The molecule has 0 saturated carbocycles. The van der Waals surface area contributed by atoms with E-state index in [0.29, 0.717) is 11.8 Å². The zero-order valence-electron chi connectivity index (χ0n) is 15.4. The van der Waals surface area contributed by atoms with Crippen molar-refractivity contribution in [2.75, 3.05) is 45.8 Å². The number of pyridine rings is 1. The Balaban J connectivity index is 1.37. The SMILES string of the molecule is C[C@@H]1CN(Cc2cccnc2)C[C@]12CCN(CCN1CCCC1)C2=O. The normalized spacial score (nSPS) is 30.8. The molecule has 25 heavy (non-hydrogen) atoms. The van der Waals surface area contributed by atoms with Gasteiger partial charge < -0.3 is 9.80 Å². The van der Waals surface area contributed by atoms with Gasteiger partial charge >= 0.3 is 0 Å². The molecule has 1 aromatic heterocycles. The number of amides is 1. The molecule has 0 N–H and O–H groups in total. The average Bonchev–Trinajstić information content (AvgIpc) is 3.31. The van der Waals surface area contributed by atoms with Crippen molar-refractivity contribution in [3.05, 3.63) is 30.1 Å². The van der Waals surface area contributed by atoms with Gasteiger partial charge in [0.1, 0.15) is 0 Å². The van der Waals surface area contributed by atoms with Gasteiger partial charge in [-0.15, -0.1) is 0 Å². The van der Waals surface area contributed by atoms with Crippen LogP contribution in [0, 0.1) is 11.3 Å². The summed E-state index contributed by atoms with van der Waals surface area (Å²) < 4.78 is 0. The van der Waals surface area contributed by atoms with Crippen LogP contribution in [0.2, 0.25) is 0 Å². The van der Waals surface area contributed by atoms with E-state index in [1.54, 1.807) is 0 Å². The van der Waals surface area contributed by atoms with Crippen LogP contribution >= 0.6 is 0 Å². The van der Waals surface area contributed by atoms with Crippen LogP contribution < -0.4 is 0 Å². The number of likely N-dealkylation sites (tertiary alicyclic amines) is 3. The second-order valence-electron chi connectivity index (χ2n) is 8.18. The minimum absolute atomic E-state index is 0.146. The van der Waals surface area contributed by atoms with Crippen LogP contribution in [-0.2, 0) is 11.3 Å². The van der Waals surface area contributed by atoms with Crippen molar-refractivity contribution in [3.8, 4) is 0 Å². The van der Waals surface area contributed by atoms with Crippen molar-refractivity contribution in [3.63, 3.8) is 0 Å². The lowest BCUT2D eigenvalue weighted by atomic mass is 9.78. The van der Waals surface area contributed by atoms with Gasteiger partial charge in [-0.05, 0) is 49.9 Å². The molecule has 5 nitrogen and oxygen atoms in total. The Labute approximate surface area is 151 Å².